The summed E-state index contributed by atoms with van der Waals surface area (Å²) in [6, 6.07) is 5.90. The first-order valence-electron chi connectivity index (χ1n) is 4.43. The minimum atomic E-state index is -0.312. The number of hydrogen-bond acceptors (Lipinski definition) is 2. The van der Waals surface area contributed by atoms with Crippen molar-refractivity contribution in [2.75, 3.05) is 6.61 Å². The molecule has 15 heavy (non-hydrogen) atoms. The van der Waals surface area contributed by atoms with Crippen molar-refractivity contribution in [3.05, 3.63) is 37.9 Å². The van der Waals surface area contributed by atoms with Crippen LogP contribution in [0.15, 0.2) is 28.7 Å². The van der Waals surface area contributed by atoms with Gasteiger partial charge in [0.2, 0.25) is 0 Å². The summed E-state index contributed by atoms with van der Waals surface area (Å²) >= 11 is 5.60. The van der Waals surface area contributed by atoms with Crippen molar-refractivity contribution < 1.29 is 9.53 Å². The monoisotopic (exact) mass is 380 g/mol. The van der Waals surface area contributed by atoms with Crippen molar-refractivity contribution in [3.63, 3.8) is 0 Å². The summed E-state index contributed by atoms with van der Waals surface area (Å²) in [5, 5.41) is 0. The molecule has 0 aliphatic heterocycles. The Labute approximate surface area is 111 Å². The number of carbonyl (C=O) groups excluding carboxylic acids is 1. The zero-order valence-corrected chi connectivity index (χ0v) is 11.9. The van der Waals surface area contributed by atoms with Crippen LogP contribution in [0.1, 0.15) is 12.5 Å². The predicted octanol–water partition coefficient (Wildman–Crippen LogP) is 3.63. The van der Waals surface area contributed by atoms with E-state index in [1.807, 2.05) is 18.2 Å². The number of halogens is 2. The topological polar surface area (TPSA) is 26.3 Å². The van der Waals surface area contributed by atoms with E-state index in [2.05, 4.69) is 38.5 Å². The van der Waals surface area contributed by atoms with Crippen LogP contribution in [-0.2, 0) is 9.53 Å². The van der Waals surface area contributed by atoms with Gasteiger partial charge in [-0.15, -0.1) is 0 Å². The van der Waals surface area contributed by atoms with Crippen molar-refractivity contribution in [3.8, 4) is 0 Å². The molecule has 2 nitrogen and oxygen atoms in total. The molecule has 0 atom stereocenters. The van der Waals surface area contributed by atoms with E-state index in [1.165, 1.54) is 6.08 Å². The molecule has 0 fully saturated rings. The van der Waals surface area contributed by atoms with E-state index in [0.29, 0.717) is 6.61 Å². The van der Waals surface area contributed by atoms with Gasteiger partial charge in [0, 0.05) is 14.1 Å². The van der Waals surface area contributed by atoms with Crippen molar-refractivity contribution in [1.82, 2.24) is 0 Å². The lowest BCUT2D eigenvalue weighted by atomic mass is 10.2. The minimum absolute atomic E-state index is 0.312. The van der Waals surface area contributed by atoms with Gasteiger partial charge >= 0.3 is 5.97 Å². The van der Waals surface area contributed by atoms with E-state index in [4.69, 9.17) is 4.74 Å². The Hall–Kier alpha value is -0.360. The molecule has 1 aromatic rings. The van der Waals surface area contributed by atoms with Crippen molar-refractivity contribution in [2.45, 2.75) is 6.92 Å². The third-order valence-electron chi connectivity index (χ3n) is 1.64. The summed E-state index contributed by atoms with van der Waals surface area (Å²) in [5.41, 5.74) is 0.998. The molecule has 1 aromatic carbocycles. The number of rotatable bonds is 3. The Morgan fingerprint density at radius 1 is 1.60 bits per heavy atom. The fourth-order valence-electron chi connectivity index (χ4n) is 0.991. The molecule has 0 bridgehead atoms. The van der Waals surface area contributed by atoms with Gasteiger partial charge in [0.1, 0.15) is 0 Å². The SMILES string of the molecule is CCOC(=O)C=Cc1cc(Br)ccc1I. The Bertz CT molecular complexity index is 388. The molecule has 0 spiro atoms. The molecule has 0 radical (unpaired) electrons. The maximum absolute atomic E-state index is 11.1. The summed E-state index contributed by atoms with van der Waals surface area (Å²) in [6.07, 6.45) is 3.19. The molecule has 80 valence electrons. The van der Waals surface area contributed by atoms with Crippen molar-refractivity contribution >= 4 is 50.6 Å². The normalized spacial score (nSPS) is 10.6. The molecule has 0 saturated carbocycles. The first kappa shape index (κ1) is 12.7. The quantitative estimate of drug-likeness (QED) is 0.454. The highest BCUT2D eigenvalue weighted by atomic mass is 127. The first-order valence-corrected chi connectivity index (χ1v) is 6.30. The molecule has 0 unspecified atom stereocenters. The van der Waals surface area contributed by atoms with Gasteiger partial charge in [-0.1, -0.05) is 15.9 Å². The number of carbonyl (C=O) groups is 1. The van der Waals surface area contributed by atoms with Crippen LogP contribution in [0, 0.1) is 3.57 Å². The highest BCUT2D eigenvalue weighted by molar-refractivity contribution is 14.1. The number of ether oxygens (including phenoxy) is 1. The van der Waals surface area contributed by atoms with Crippen LogP contribution in [0.25, 0.3) is 6.08 Å². The van der Waals surface area contributed by atoms with E-state index in [9.17, 15) is 4.79 Å². The maximum Gasteiger partial charge on any atom is 0.330 e. The van der Waals surface area contributed by atoms with Crippen molar-refractivity contribution in [1.29, 1.82) is 0 Å². The van der Waals surface area contributed by atoms with E-state index >= 15 is 0 Å². The summed E-state index contributed by atoms with van der Waals surface area (Å²) < 4.78 is 6.88. The van der Waals surface area contributed by atoms with Gasteiger partial charge in [0.15, 0.2) is 0 Å². The van der Waals surface area contributed by atoms with Gasteiger partial charge in [0.05, 0.1) is 6.61 Å². The largest absolute Gasteiger partial charge is 0.463 e. The molecule has 0 aliphatic rings. The second-order valence-electron chi connectivity index (χ2n) is 2.75. The van der Waals surface area contributed by atoms with Gasteiger partial charge in [0.25, 0.3) is 0 Å². The van der Waals surface area contributed by atoms with Crippen LogP contribution in [0.5, 0.6) is 0 Å². The van der Waals surface area contributed by atoms with Crippen molar-refractivity contribution in [2.24, 2.45) is 0 Å². The lowest BCUT2D eigenvalue weighted by Crippen LogP contribution is -1.98. The molecule has 0 amide bonds. The lowest BCUT2D eigenvalue weighted by Gasteiger charge is -1.99. The molecule has 0 heterocycles. The molecule has 1 rings (SSSR count). The molecule has 4 heteroatoms. The molecule has 0 saturated heterocycles. The molecule has 0 N–H and O–H groups in total. The average molecular weight is 381 g/mol. The Morgan fingerprint density at radius 2 is 2.33 bits per heavy atom. The number of hydrogen-bond donors (Lipinski definition) is 0. The van der Waals surface area contributed by atoms with Crippen LogP contribution < -0.4 is 0 Å². The minimum Gasteiger partial charge on any atom is -0.463 e. The average Bonchev–Trinajstić information content (AvgIpc) is 2.20. The zero-order valence-electron chi connectivity index (χ0n) is 8.17. The fraction of sp³-hybridized carbons (Fsp3) is 0.182. The fourth-order valence-corrected chi connectivity index (χ4v) is 1.88. The summed E-state index contributed by atoms with van der Waals surface area (Å²) in [6.45, 7) is 2.19. The first-order chi connectivity index (χ1) is 7.13. The van der Waals surface area contributed by atoms with Gasteiger partial charge < -0.3 is 4.74 Å². The third kappa shape index (κ3) is 4.34. The summed E-state index contributed by atoms with van der Waals surface area (Å²) in [5.74, 6) is -0.312. The van der Waals surface area contributed by atoms with Gasteiger partial charge in [-0.2, -0.15) is 0 Å². The van der Waals surface area contributed by atoms with E-state index < -0.39 is 0 Å². The lowest BCUT2D eigenvalue weighted by molar-refractivity contribution is -0.137. The van der Waals surface area contributed by atoms with E-state index in [-0.39, 0.29) is 5.97 Å². The Morgan fingerprint density at radius 3 is 3.00 bits per heavy atom. The third-order valence-corrected chi connectivity index (χ3v) is 3.12. The van der Waals surface area contributed by atoms with Crippen LogP contribution in [-0.4, -0.2) is 12.6 Å². The smallest absolute Gasteiger partial charge is 0.330 e. The summed E-state index contributed by atoms with van der Waals surface area (Å²) in [4.78, 5) is 11.1. The molecular formula is C11H10BrIO2. The second kappa shape index (κ2) is 6.27. The van der Waals surface area contributed by atoms with E-state index in [0.717, 1.165) is 13.6 Å². The van der Waals surface area contributed by atoms with Crippen LogP contribution in [0.2, 0.25) is 0 Å². The van der Waals surface area contributed by atoms with Crippen LogP contribution in [0.4, 0.5) is 0 Å². The highest BCUT2D eigenvalue weighted by Gasteiger charge is 1.98. The molecule has 0 aliphatic carbocycles. The van der Waals surface area contributed by atoms with Crippen LogP contribution in [0.3, 0.4) is 0 Å². The molecular weight excluding hydrogens is 371 g/mol. The zero-order chi connectivity index (χ0) is 11.3. The molecule has 0 aromatic heterocycles. The van der Waals surface area contributed by atoms with Gasteiger partial charge in [-0.3, -0.25) is 0 Å². The van der Waals surface area contributed by atoms with Gasteiger partial charge in [-0.25, -0.2) is 4.79 Å². The standard InChI is InChI=1S/C11H10BrIO2/c1-2-15-11(14)6-3-8-7-9(12)4-5-10(8)13/h3-7H,2H2,1H3. The number of benzene rings is 1. The highest BCUT2D eigenvalue weighted by Crippen LogP contribution is 2.19. The van der Waals surface area contributed by atoms with Gasteiger partial charge in [-0.05, 0) is 59.4 Å². The Kier molecular flexibility index (Phi) is 5.31. The maximum atomic E-state index is 11.1. The Balaban J connectivity index is 2.79. The number of esters is 1. The summed E-state index contributed by atoms with van der Waals surface area (Å²) in [7, 11) is 0. The second-order valence-corrected chi connectivity index (χ2v) is 4.83. The van der Waals surface area contributed by atoms with Crippen LogP contribution >= 0.6 is 38.5 Å². The van der Waals surface area contributed by atoms with E-state index in [1.54, 1.807) is 13.0 Å². The predicted molar refractivity (Wildman–Crippen MR) is 72.5 cm³/mol.